The van der Waals surface area contributed by atoms with Crippen molar-refractivity contribution >= 4 is 34.1 Å². The highest BCUT2D eigenvalue weighted by Gasteiger charge is 2.54. The number of amides is 2. The summed E-state index contributed by atoms with van der Waals surface area (Å²) in [6.07, 6.45) is 2.07. The molecule has 6 aromatic rings. The van der Waals surface area contributed by atoms with Gasteiger partial charge in [-0.25, -0.2) is 0 Å². The SMILES string of the molecule is O=C(CC1(c2cn(Cc3ccccc3)c3ccccc23)C(=O)N(Cc2ccccc2)c2ccccc21)Nc1ccccc1. The molecule has 5 heteroatoms. The van der Waals surface area contributed by atoms with E-state index in [4.69, 9.17) is 0 Å². The summed E-state index contributed by atoms with van der Waals surface area (Å²) in [5.74, 6) is -0.306. The smallest absolute Gasteiger partial charge is 0.243 e. The molecule has 0 radical (unpaired) electrons. The Morgan fingerprint density at radius 2 is 1.21 bits per heavy atom. The van der Waals surface area contributed by atoms with Crippen LogP contribution in [0.2, 0.25) is 0 Å². The number of anilines is 2. The molecule has 43 heavy (non-hydrogen) atoms. The molecule has 0 bridgehead atoms. The minimum Gasteiger partial charge on any atom is -0.343 e. The Balaban J connectivity index is 1.41. The molecule has 0 fully saturated rings. The lowest BCUT2D eigenvalue weighted by atomic mass is 9.72. The number of rotatable bonds is 8. The predicted molar refractivity (Wildman–Crippen MR) is 172 cm³/mol. The lowest BCUT2D eigenvalue weighted by Gasteiger charge is -2.29. The van der Waals surface area contributed by atoms with Crippen LogP contribution in [0, 0.1) is 0 Å². The molecular weight excluding hydrogens is 530 g/mol. The van der Waals surface area contributed by atoms with Crippen LogP contribution < -0.4 is 10.2 Å². The Kier molecular flexibility index (Phi) is 6.84. The third-order valence-electron chi connectivity index (χ3n) is 8.38. The number of hydrogen-bond acceptors (Lipinski definition) is 2. The minimum atomic E-state index is -1.22. The molecule has 1 aromatic heterocycles. The number of nitrogens with zero attached hydrogens (tertiary/aromatic N) is 2. The maximum Gasteiger partial charge on any atom is 0.243 e. The van der Waals surface area contributed by atoms with E-state index in [-0.39, 0.29) is 18.2 Å². The quantitative estimate of drug-likeness (QED) is 0.209. The summed E-state index contributed by atoms with van der Waals surface area (Å²) >= 11 is 0. The third kappa shape index (κ3) is 4.79. The van der Waals surface area contributed by atoms with Crippen LogP contribution in [0.5, 0.6) is 0 Å². The van der Waals surface area contributed by atoms with Crippen molar-refractivity contribution in [2.75, 3.05) is 10.2 Å². The van der Waals surface area contributed by atoms with Crippen LogP contribution >= 0.6 is 0 Å². The highest BCUT2D eigenvalue weighted by atomic mass is 16.2. The standard InChI is InChI=1S/C38H31N3O2/c42-36(39-30-18-8-3-9-19-30)24-38(32-21-11-13-23-35(32)41(37(38)43)26-29-16-6-2-7-17-29)33-27-40(25-28-14-4-1-5-15-28)34-22-12-10-20-31(33)34/h1-23,27H,24-26H2,(H,39,42). The predicted octanol–water partition coefficient (Wildman–Crippen LogP) is 7.55. The van der Waals surface area contributed by atoms with E-state index in [1.807, 2.05) is 120 Å². The van der Waals surface area contributed by atoms with Crippen molar-refractivity contribution in [2.45, 2.75) is 24.9 Å². The van der Waals surface area contributed by atoms with Gasteiger partial charge in [0.25, 0.3) is 0 Å². The van der Waals surface area contributed by atoms with E-state index >= 15 is 4.79 Å². The molecule has 0 saturated carbocycles. The van der Waals surface area contributed by atoms with Crippen LogP contribution in [-0.4, -0.2) is 16.4 Å². The summed E-state index contributed by atoms with van der Waals surface area (Å²) in [5.41, 5.74) is 5.23. The van der Waals surface area contributed by atoms with Crippen LogP contribution in [0.4, 0.5) is 11.4 Å². The topological polar surface area (TPSA) is 54.3 Å². The van der Waals surface area contributed by atoms with Gasteiger partial charge in [-0.3, -0.25) is 9.59 Å². The van der Waals surface area contributed by atoms with Gasteiger partial charge >= 0.3 is 0 Å². The van der Waals surface area contributed by atoms with Crippen molar-refractivity contribution in [2.24, 2.45) is 0 Å². The fourth-order valence-corrected chi connectivity index (χ4v) is 6.44. The maximum absolute atomic E-state index is 15.0. The number of carbonyl (C=O) groups excluding carboxylic acids is 2. The normalized spacial score (nSPS) is 15.9. The van der Waals surface area contributed by atoms with Crippen molar-refractivity contribution in [3.63, 3.8) is 0 Å². The van der Waals surface area contributed by atoms with Gasteiger partial charge in [0.2, 0.25) is 11.8 Å². The highest BCUT2D eigenvalue weighted by Crippen LogP contribution is 2.51. The summed E-state index contributed by atoms with van der Waals surface area (Å²) < 4.78 is 2.20. The Morgan fingerprint density at radius 3 is 1.93 bits per heavy atom. The molecule has 5 aromatic carbocycles. The van der Waals surface area contributed by atoms with E-state index < -0.39 is 5.41 Å². The average Bonchev–Trinajstić information content (AvgIpc) is 3.52. The molecule has 2 amide bonds. The van der Waals surface area contributed by atoms with Gasteiger partial charge in [-0.2, -0.15) is 0 Å². The molecule has 0 spiro atoms. The number of carbonyl (C=O) groups is 2. The average molecular weight is 562 g/mol. The van der Waals surface area contributed by atoms with Gasteiger partial charge in [0.05, 0.1) is 6.54 Å². The van der Waals surface area contributed by atoms with E-state index in [0.29, 0.717) is 18.8 Å². The molecule has 1 N–H and O–H groups in total. The number of nitrogens with one attached hydrogen (secondary N) is 1. The van der Waals surface area contributed by atoms with E-state index in [1.165, 1.54) is 0 Å². The van der Waals surface area contributed by atoms with Gasteiger partial charge in [-0.05, 0) is 46.5 Å². The first-order chi connectivity index (χ1) is 21.1. The van der Waals surface area contributed by atoms with Crippen molar-refractivity contribution in [3.8, 4) is 0 Å². The molecule has 0 saturated heterocycles. The number of fused-ring (bicyclic) bond motifs is 2. The van der Waals surface area contributed by atoms with Crippen molar-refractivity contribution in [1.82, 2.24) is 4.57 Å². The number of aromatic nitrogens is 1. The summed E-state index contributed by atoms with van der Waals surface area (Å²) in [5, 5.41) is 4.03. The Labute approximate surface area is 251 Å². The zero-order chi connectivity index (χ0) is 29.2. The molecule has 7 rings (SSSR count). The monoisotopic (exact) mass is 561 g/mol. The van der Waals surface area contributed by atoms with Crippen LogP contribution in [0.25, 0.3) is 10.9 Å². The first kappa shape index (κ1) is 26.5. The molecule has 1 unspecified atom stereocenters. The molecule has 2 heterocycles. The molecule has 5 nitrogen and oxygen atoms in total. The number of benzene rings is 5. The van der Waals surface area contributed by atoms with Crippen LogP contribution in [0.3, 0.4) is 0 Å². The Hall–Kier alpha value is -5.42. The lowest BCUT2D eigenvalue weighted by Crippen LogP contribution is -2.43. The second-order valence-electron chi connectivity index (χ2n) is 11.1. The van der Waals surface area contributed by atoms with Gasteiger partial charge in [0, 0.05) is 41.4 Å². The van der Waals surface area contributed by atoms with Crippen LogP contribution in [0.1, 0.15) is 28.7 Å². The maximum atomic E-state index is 15.0. The number of hydrogen-bond donors (Lipinski definition) is 1. The molecule has 1 atom stereocenters. The molecule has 0 aliphatic carbocycles. The van der Waals surface area contributed by atoms with Gasteiger partial charge in [0.15, 0.2) is 0 Å². The number of para-hydroxylation sites is 3. The highest BCUT2D eigenvalue weighted by molar-refractivity contribution is 6.15. The molecule has 1 aliphatic rings. The van der Waals surface area contributed by atoms with E-state index in [0.717, 1.165) is 38.8 Å². The van der Waals surface area contributed by atoms with Crippen molar-refractivity contribution < 1.29 is 9.59 Å². The van der Waals surface area contributed by atoms with Gasteiger partial charge in [0.1, 0.15) is 5.41 Å². The van der Waals surface area contributed by atoms with E-state index in [9.17, 15) is 4.79 Å². The summed E-state index contributed by atoms with van der Waals surface area (Å²) in [6, 6.07) is 45.8. The van der Waals surface area contributed by atoms with Gasteiger partial charge in [-0.1, -0.05) is 115 Å². The van der Waals surface area contributed by atoms with Crippen LogP contribution in [0.15, 0.2) is 146 Å². The van der Waals surface area contributed by atoms with E-state index in [2.05, 4.69) is 40.3 Å². The Morgan fingerprint density at radius 1 is 0.628 bits per heavy atom. The fraction of sp³-hybridized carbons (Fsp3) is 0.105. The van der Waals surface area contributed by atoms with Crippen molar-refractivity contribution in [3.05, 3.63) is 168 Å². The molecule has 1 aliphatic heterocycles. The summed E-state index contributed by atoms with van der Waals surface area (Å²) in [4.78, 5) is 30.8. The zero-order valence-corrected chi connectivity index (χ0v) is 23.7. The van der Waals surface area contributed by atoms with Gasteiger partial charge < -0.3 is 14.8 Å². The largest absolute Gasteiger partial charge is 0.343 e. The van der Waals surface area contributed by atoms with E-state index in [1.54, 1.807) is 0 Å². The molecule has 210 valence electrons. The second-order valence-corrected chi connectivity index (χ2v) is 11.1. The fourth-order valence-electron chi connectivity index (χ4n) is 6.44. The minimum absolute atomic E-state index is 0.0254. The van der Waals surface area contributed by atoms with Crippen LogP contribution in [-0.2, 0) is 28.1 Å². The second kappa shape index (κ2) is 11.1. The third-order valence-corrected chi connectivity index (χ3v) is 8.38. The first-order valence-electron chi connectivity index (χ1n) is 14.6. The summed E-state index contributed by atoms with van der Waals surface area (Å²) in [6.45, 7) is 1.07. The summed E-state index contributed by atoms with van der Waals surface area (Å²) in [7, 11) is 0. The van der Waals surface area contributed by atoms with Crippen molar-refractivity contribution in [1.29, 1.82) is 0 Å². The molecular formula is C38H31N3O2. The first-order valence-corrected chi connectivity index (χ1v) is 14.6. The Bertz CT molecular complexity index is 1920. The zero-order valence-electron chi connectivity index (χ0n) is 23.7. The lowest BCUT2D eigenvalue weighted by molar-refractivity contribution is -0.126. The van der Waals surface area contributed by atoms with Gasteiger partial charge in [-0.15, -0.1) is 0 Å².